The number of rotatable bonds is 4. The number of aromatic nitrogens is 1. The number of ether oxygens (including phenoxy) is 1. The van der Waals surface area contributed by atoms with Crippen LogP contribution in [0, 0.1) is 6.92 Å². The predicted molar refractivity (Wildman–Crippen MR) is 96.2 cm³/mol. The van der Waals surface area contributed by atoms with Crippen molar-refractivity contribution in [2.45, 2.75) is 6.92 Å². The molecular weight excluding hydrogens is 318 g/mol. The molecule has 1 heterocycles. The van der Waals surface area contributed by atoms with Crippen molar-refractivity contribution in [3.05, 3.63) is 65.4 Å². The second kappa shape index (κ2) is 7.00. The van der Waals surface area contributed by atoms with Crippen molar-refractivity contribution >= 4 is 23.0 Å². The number of methoxy groups -OCH3 is 1. The Morgan fingerprint density at radius 3 is 2.84 bits per heavy atom. The van der Waals surface area contributed by atoms with Gasteiger partial charge in [0, 0.05) is 16.6 Å². The highest BCUT2D eigenvalue weighted by molar-refractivity contribution is 6.06. The molecule has 0 saturated heterocycles. The first-order valence-electron chi connectivity index (χ1n) is 7.65. The monoisotopic (exact) mass is 335 g/mol. The maximum absolute atomic E-state index is 12.5. The number of carbonyl (C=O) groups excluding carboxylic acids is 1. The van der Waals surface area contributed by atoms with Gasteiger partial charge in [0.15, 0.2) is 0 Å². The Bertz CT molecular complexity index is 967. The molecule has 2 aromatic carbocycles. The number of hydrazone groups is 1. The van der Waals surface area contributed by atoms with Crippen LogP contribution >= 0.6 is 0 Å². The molecule has 0 bridgehead atoms. The van der Waals surface area contributed by atoms with Crippen LogP contribution in [0.1, 0.15) is 21.6 Å². The summed E-state index contributed by atoms with van der Waals surface area (Å²) in [5.41, 5.74) is 4.92. The van der Waals surface area contributed by atoms with E-state index in [4.69, 9.17) is 4.74 Å². The van der Waals surface area contributed by atoms with Gasteiger partial charge in [-0.3, -0.25) is 9.78 Å². The van der Waals surface area contributed by atoms with E-state index in [0.29, 0.717) is 16.9 Å². The van der Waals surface area contributed by atoms with E-state index in [2.05, 4.69) is 15.5 Å². The van der Waals surface area contributed by atoms with Crippen molar-refractivity contribution in [3.8, 4) is 11.5 Å². The number of para-hydroxylation sites is 1. The molecule has 25 heavy (non-hydrogen) atoms. The fraction of sp³-hybridized carbons (Fsp3) is 0.105. The highest BCUT2D eigenvalue weighted by Crippen LogP contribution is 2.21. The zero-order valence-electron chi connectivity index (χ0n) is 13.9. The van der Waals surface area contributed by atoms with E-state index in [1.165, 1.54) is 19.4 Å². The van der Waals surface area contributed by atoms with E-state index in [-0.39, 0.29) is 11.7 Å². The number of amides is 1. The Morgan fingerprint density at radius 1 is 1.24 bits per heavy atom. The number of hydrogen-bond donors (Lipinski definition) is 2. The Hall–Kier alpha value is -3.41. The quantitative estimate of drug-likeness (QED) is 0.567. The van der Waals surface area contributed by atoms with Crippen LogP contribution in [0.25, 0.3) is 10.9 Å². The lowest BCUT2D eigenvalue weighted by molar-refractivity contribution is 0.0956. The molecule has 1 aromatic heterocycles. The van der Waals surface area contributed by atoms with Gasteiger partial charge in [0.05, 0.1) is 24.4 Å². The van der Waals surface area contributed by atoms with Gasteiger partial charge in [-0.1, -0.05) is 18.2 Å². The summed E-state index contributed by atoms with van der Waals surface area (Å²) in [6.45, 7) is 1.83. The molecule has 0 spiro atoms. The number of aromatic hydroxyl groups is 1. The minimum Gasteiger partial charge on any atom is -0.507 e. The summed E-state index contributed by atoms with van der Waals surface area (Å²) in [5, 5.41) is 14.5. The molecule has 3 aromatic rings. The molecule has 126 valence electrons. The second-order valence-electron chi connectivity index (χ2n) is 5.45. The van der Waals surface area contributed by atoms with Crippen LogP contribution in [0.4, 0.5) is 0 Å². The average molecular weight is 335 g/mol. The third-order valence-electron chi connectivity index (χ3n) is 3.69. The van der Waals surface area contributed by atoms with E-state index in [1.807, 2.05) is 31.2 Å². The van der Waals surface area contributed by atoms with Crippen molar-refractivity contribution in [3.63, 3.8) is 0 Å². The number of pyridine rings is 1. The molecule has 1 amide bonds. The number of phenolic OH excluding ortho intramolecular Hbond substituents is 1. The van der Waals surface area contributed by atoms with E-state index >= 15 is 0 Å². The number of nitrogens with one attached hydrogen (secondary N) is 1. The van der Waals surface area contributed by atoms with Gasteiger partial charge in [0.2, 0.25) is 0 Å². The number of carbonyl (C=O) groups is 1. The normalized spacial score (nSPS) is 11.0. The Balaban J connectivity index is 1.84. The van der Waals surface area contributed by atoms with Crippen LogP contribution in [0.2, 0.25) is 0 Å². The third kappa shape index (κ3) is 3.58. The molecule has 6 heteroatoms. The van der Waals surface area contributed by atoms with Crippen molar-refractivity contribution < 1.29 is 14.6 Å². The summed E-state index contributed by atoms with van der Waals surface area (Å²) in [6.07, 6.45) is 1.37. The van der Waals surface area contributed by atoms with Gasteiger partial charge in [-0.2, -0.15) is 5.10 Å². The fourth-order valence-corrected chi connectivity index (χ4v) is 2.48. The van der Waals surface area contributed by atoms with Crippen LogP contribution < -0.4 is 10.2 Å². The molecule has 0 aliphatic heterocycles. The van der Waals surface area contributed by atoms with Crippen LogP contribution in [0.5, 0.6) is 11.5 Å². The van der Waals surface area contributed by atoms with Crippen LogP contribution in [0.3, 0.4) is 0 Å². The third-order valence-corrected chi connectivity index (χ3v) is 3.69. The zero-order chi connectivity index (χ0) is 17.8. The van der Waals surface area contributed by atoms with E-state index in [0.717, 1.165) is 16.6 Å². The molecule has 0 unspecified atom stereocenters. The van der Waals surface area contributed by atoms with Crippen molar-refractivity contribution in [2.75, 3.05) is 7.11 Å². The lowest BCUT2D eigenvalue weighted by Gasteiger charge is -2.06. The van der Waals surface area contributed by atoms with Gasteiger partial charge in [0.1, 0.15) is 11.5 Å². The molecule has 2 N–H and O–H groups in total. The maximum atomic E-state index is 12.5. The van der Waals surface area contributed by atoms with Crippen LogP contribution in [-0.2, 0) is 0 Å². The second-order valence-corrected chi connectivity index (χ2v) is 5.45. The summed E-state index contributed by atoms with van der Waals surface area (Å²) in [5.74, 6) is 0.283. The highest BCUT2D eigenvalue weighted by Gasteiger charge is 2.11. The Labute approximate surface area is 144 Å². The fourth-order valence-electron chi connectivity index (χ4n) is 2.48. The number of hydrogen-bond acceptors (Lipinski definition) is 5. The highest BCUT2D eigenvalue weighted by atomic mass is 16.5. The van der Waals surface area contributed by atoms with E-state index in [9.17, 15) is 9.90 Å². The molecule has 0 saturated carbocycles. The number of phenols is 1. The van der Waals surface area contributed by atoms with Crippen LogP contribution in [0.15, 0.2) is 53.6 Å². The number of nitrogens with zero attached hydrogens (tertiary/aromatic N) is 2. The van der Waals surface area contributed by atoms with Crippen LogP contribution in [-0.4, -0.2) is 29.3 Å². The first-order chi connectivity index (χ1) is 12.1. The molecule has 0 fully saturated rings. The van der Waals surface area contributed by atoms with Gasteiger partial charge >= 0.3 is 0 Å². The first-order valence-corrected chi connectivity index (χ1v) is 7.65. The smallest absolute Gasteiger partial charge is 0.272 e. The lowest BCUT2D eigenvalue weighted by atomic mass is 10.1. The lowest BCUT2D eigenvalue weighted by Crippen LogP contribution is -2.18. The molecule has 0 atom stereocenters. The minimum absolute atomic E-state index is 0.0454. The first kappa shape index (κ1) is 16.4. The predicted octanol–water partition coefficient (Wildman–Crippen LogP) is 3.02. The van der Waals surface area contributed by atoms with Gasteiger partial charge in [-0.15, -0.1) is 0 Å². The average Bonchev–Trinajstić information content (AvgIpc) is 2.62. The van der Waals surface area contributed by atoms with E-state index in [1.54, 1.807) is 18.2 Å². The largest absolute Gasteiger partial charge is 0.507 e. The standard InChI is InChI=1S/C19H17N3O3/c1-12-9-16(15-5-3-4-6-17(15)21-12)19(24)22-20-11-13-10-14(25-2)7-8-18(13)23/h3-11,23H,1-2H3,(H,22,24)/b20-11-. The van der Waals surface area contributed by atoms with Gasteiger partial charge < -0.3 is 9.84 Å². The number of benzene rings is 2. The SMILES string of the molecule is COc1ccc(O)c(/C=N\NC(=O)c2cc(C)nc3ccccc23)c1. The van der Waals surface area contributed by atoms with Crippen molar-refractivity contribution in [1.82, 2.24) is 10.4 Å². The molecule has 0 radical (unpaired) electrons. The van der Waals surface area contributed by atoms with E-state index < -0.39 is 0 Å². The molecular formula is C19H17N3O3. The number of aryl methyl sites for hydroxylation is 1. The summed E-state index contributed by atoms with van der Waals surface area (Å²) >= 11 is 0. The summed E-state index contributed by atoms with van der Waals surface area (Å²) in [7, 11) is 1.53. The molecule has 0 aliphatic carbocycles. The summed E-state index contributed by atoms with van der Waals surface area (Å²) in [4.78, 5) is 16.9. The Morgan fingerprint density at radius 2 is 2.04 bits per heavy atom. The van der Waals surface area contributed by atoms with Gasteiger partial charge in [-0.25, -0.2) is 5.43 Å². The zero-order valence-corrected chi connectivity index (χ0v) is 13.9. The molecule has 0 aliphatic rings. The molecule has 3 rings (SSSR count). The van der Waals surface area contributed by atoms with Crippen molar-refractivity contribution in [1.29, 1.82) is 0 Å². The maximum Gasteiger partial charge on any atom is 0.272 e. The Kier molecular flexibility index (Phi) is 4.61. The van der Waals surface area contributed by atoms with Crippen molar-refractivity contribution in [2.24, 2.45) is 5.10 Å². The topological polar surface area (TPSA) is 83.8 Å². The summed E-state index contributed by atoms with van der Waals surface area (Å²) in [6, 6.07) is 13.9. The van der Waals surface area contributed by atoms with Gasteiger partial charge in [0.25, 0.3) is 5.91 Å². The van der Waals surface area contributed by atoms with Gasteiger partial charge in [-0.05, 0) is 37.3 Å². The summed E-state index contributed by atoms with van der Waals surface area (Å²) < 4.78 is 5.10. The molecule has 6 nitrogen and oxygen atoms in total. The minimum atomic E-state index is -0.347. The number of fused-ring (bicyclic) bond motifs is 1.